The lowest BCUT2D eigenvalue weighted by atomic mass is 9.91. The Morgan fingerprint density at radius 3 is 2.34 bits per heavy atom. The van der Waals surface area contributed by atoms with E-state index in [-0.39, 0.29) is 5.91 Å². The number of rotatable bonds is 8. The third-order valence-electron chi connectivity index (χ3n) is 5.18. The molecule has 0 aromatic carbocycles. The predicted molar refractivity (Wildman–Crippen MR) is 126 cm³/mol. The molecule has 1 aliphatic carbocycles. The van der Waals surface area contributed by atoms with Gasteiger partial charge in [-0.1, -0.05) is 83.8 Å². The normalized spacial score (nSPS) is 17.3. The number of allylic oxidation sites excluding steroid dienone is 6. The molecule has 0 aromatic heterocycles. The second-order valence-electron chi connectivity index (χ2n) is 7.21. The Morgan fingerprint density at radius 2 is 1.83 bits per heavy atom. The summed E-state index contributed by atoms with van der Waals surface area (Å²) < 4.78 is 4.67. The fourth-order valence-corrected chi connectivity index (χ4v) is 4.39. The Balaban J connectivity index is 0.000000508. The standard InChI is InChI=1S/C15H24.C7H13NO3S.C2H6/c1-3-9-14(10-4-2)13-15-11-7-5-6-8-12-15;1-12-7(6(9)8-10)2-4-11-5-3-7;1-2/h5,7-8,11-12,14H,3-4,6,9-10,13H2,1-2H3;10H,2-5H2,1H3,(H,8,9);1-2H3. The van der Waals surface area contributed by atoms with E-state index in [1.807, 2.05) is 20.1 Å². The number of ether oxygens (including phenoxy) is 1. The van der Waals surface area contributed by atoms with Crippen LogP contribution >= 0.6 is 11.8 Å². The van der Waals surface area contributed by atoms with E-state index in [2.05, 4.69) is 44.2 Å². The molecule has 0 radical (unpaired) electrons. The van der Waals surface area contributed by atoms with Crippen LogP contribution in [-0.2, 0) is 9.53 Å². The van der Waals surface area contributed by atoms with Gasteiger partial charge >= 0.3 is 0 Å². The topological polar surface area (TPSA) is 58.6 Å². The van der Waals surface area contributed by atoms with Gasteiger partial charge in [0.2, 0.25) is 0 Å². The lowest BCUT2D eigenvalue weighted by Gasteiger charge is -2.32. The number of thioether (sulfide) groups is 1. The van der Waals surface area contributed by atoms with Gasteiger partial charge in [-0.05, 0) is 43.4 Å². The fourth-order valence-electron chi connectivity index (χ4n) is 3.59. The number of nitrogens with one attached hydrogen (secondary N) is 1. The van der Waals surface area contributed by atoms with E-state index in [1.54, 1.807) is 5.48 Å². The molecule has 4 nitrogen and oxygen atoms in total. The van der Waals surface area contributed by atoms with Crippen LogP contribution in [0.5, 0.6) is 0 Å². The molecule has 5 heteroatoms. The monoisotopic (exact) mass is 425 g/mol. The molecule has 0 bridgehead atoms. The highest BCUT2D eigenvalue weighted by Crippen LogP contribution is 2.33. The highest BCUT2D eigenvalue weighted by atomic mass is 32.2. The van der Waals surface area contributed by atoms with Gasteiger partial charge in [0.25, 0.3) is 5.91 Å². The molecule has 0 aromatic rings. The summed E-state index contributed by atoms with van der Waals surface area (Å²) in [4.78, 5) is 11.3. The van der Waals surface area contributed by atoms with Gasteiger partial charge in [-0.25, -0.2) is 5.48 Å². The summed E-state index contributed by atoms with van der Waals surface area (Å²) in [5.74, 6) is 0.584. The van der Waals surface area contributed by atoms with Gasteiger partial charge in [0, 0.05) is 13.2 Å². The van der Waals surface area contributed by atoms with E-state index in [4.69, 9.17) is 9.94 Å². The molecule has 168 valence electrons. The van der Waals surface area contributed by atoms with Gasteiger partial charge in [-0.2, -0.15) is 0 Å². The van der Waals surface area contributed by atoms with Gasteiger partial charge in [-0.15, -0.1) is 11.8 Å². The maximum atomic E-state index is 11.3. The average Bonchev–Trinajstić information content (AvgIpc) is 3.04. The molecule has 0 atom stereocenters. The summed E-state index contributed by atoms with van der Waals surface area (Å²) in [5.41, 5.74) is 3.22. The second-order valence-corrected chi connectivity index (χ2v) is 8.40. The van der Waals surface area contributed by atoms with Crippen molar-refractivity contribution in [3.63, 3.8) is 0 Å². The zero-order valence-corrected chi connectivity index (χ0v) is 20.0. The van der Waals surface area contributed by atoms with Crippen LogP contribution in [0, 0.1) is 5.92 Å². The van der Waals surface area contributed by atoms with E-state index in [9.17, 15) is 4.79 Å². The molecular formula is C24H43NO3S. The Kier molecular flexibility index (Phi) is 17.1. The minimum Gasteiger partial charge on any atom is -0.381 e. The van der Waals surface area contributed by atoms with Crippen molar-refractivity contribution >= 4 is 17.7 Å². The number of hydrogen-bond donors (Lipinski definition) is 2. The average molecular weight is 426 g/mol. The van der Waals surface area contributed by atoms with E-state index >= 15 is 0 Å². The first-order chi connectivity index (χ1) is 14.1. The number of amides is 1. The summed E-state index contributed by atoms with van der Waals surface area (Å²) in [5, 5.41) is 8.53. The maximum Gasteiger partial charge on any atom is 0.259 e. The van der Waals surface area contributed by atoms with Crippen molar-refractivity contribution in [3.05, 3.63) is 36.0 Å². The molecule has 1 heterocycles. The first kappa shape index (κ1) is 28.0. The molecule has 29 heavy (non-hydrogen) atoms. The molecule has 1 amide bonds. The smallest absolute Gasteiger partial charge is 0.259 e. The van der Waals surface area contributed by atoms with Crippen molar-refractivity contribution in [2.45, 2.75) is 83.8 Å². The Morgan fingerprint density at radius 1 is 1.21 bits per heavy atom. The molecule has 2 aliphatic rings. The van der Waals surface area contributed by atoms with Crippen LogP contribution in [0.15, 0.2) is 36.0 Å². The lowest BCUT2D eigenvalue weighted by molar-refractivity contribution is -0.134. The van der Waals surface area contributed by atoms with Crippen LogP contribution in [0.2, 0.25) is 0 Å². The van der Waals surface area contributed by atoms with Crippen LogP contribution < -0.4 is 5.48 Å². The van der Waals surface area contributed by atoms with Crippen molar-refractivity contribution in [3.8, 4) is 0 Å². The molecule has 0 spiro atoms. The molecule has 1 fully saturated rings. The van der Waals surface area contributed by atoms with Gasteiger partial charge in [-0.3, -0.25) is 10.0 Å². The second kappa shape index (κ2) is 17.8. The quantitative estimate of drug-likeness (QED) is 0.346. The zero-order valence-electron chi connectivity index (χ0n) is 19.2. The summed E-state index contributed by atoms with van der Waals surface area (Å²) in [6, 6.07) is 0. The van der Waals surface area contributed by atoms with E-state index < -0.39 is 4.75 Å². The Labute approximate surface area is 183 Å². The van der Waals surface area contributed by atoms with Crippen LogP contribution in [0.3, 0.4) is 0 Å². The zero-order chi connectivity index (χ0) is 22.0. The van der Waals surface area contributed by atoms with Gasteiger partial charge < -0.3 is 4.74 Å². The lowest BCUT2D eigenvalue weighted by Crippen LogP contribution is -2.46. The van der Waals surface area contributed by atoms with Crippen LogP contribution in [0.25, 0.3) is 0 Å². The molecule has 0 saturated carbocycles. The van der Waals surface area contributed by atoms with Gasteiger partial charge in [0.05, 0.1) is 0 Å². The highest BCUT2D eigenvalue weighted by Gasteiger charge is 2.39. The van der Waals surface area contributed by atoms with Crippen molar-refractivity contribution in [2.24, 2.45) is 5.92 Å². The van der Waals surface area contributed by atoms with Gasteiger partial charge in [0.1, 0.15) is 4.75 Å². The minimum absolute atomic E-state index is 0.307. The fraction of sp³-hybridized carbons (Fsp3) is 0.708. The van der Waals surface area contributed by atoms with Crippen LogP contribution in [0.4, 0.5) is 0 Å². The Hall–Kier alpha value is -1.04. The van der Waals surface area contributed by atoms with Crippen LogP contribution in [-0.4, -0.2) is 35.3 Å². The van der Waals surface area contributed by atoms with E-state index in [0.29, 0.717) is 26.1 Å². The summed E-state index contributed by atoms with van der Waals surface area (Å²) in [6.45, 7) is 9.77. The number of carbonyl (C=O) groups is 1. The third kappa shape index (κ3) is 11.1. The van der Waals surface area contributed by atoms with E-state index in [1.165, 1.54) is 49.4 Å². The number of hydroxylamine groups is 1. The number of hydrogen-bond acceptors (Lipinski definition) is 4. The largest absolute Gasteiger partial charge is 0.381 e. The van der Waals surface area contributed by atoms with Crippen molar-refractivity contribution in [1.82, 2.24) is 5.48 Å². The van der Waals surface area contributed by atoms with Gasteiger partial charge in [0.15, 0.2) is 0 Å². The highest BCUT2D eigenvalue weighted by molar-refractivity contribution is 8.00. The molecule has 0 unspecified atom stereocenters. The molecule has 1 saturated heterocycles. The minimum atomic E-state index is -0.479. The van der Waals surface area contributed by atoms with Crippen molar-refractivity contribution in [1.29, 1.82) is 0 Å². The predicted octanol–water partition coefficient (Wildman–Crippen LogP) is 6.47. The Bertz CT molecular complexity index is 502. The van der Waals surface area contributed by atoms with E-state index in [0.717, 1.165) is 12.3 Å². The SMILES string of the molecule is CC.CCCC(CCC)CC1=CC=CCC=C1.CSC1(C(=O)NO)CCOCC1. The number of carbonyl (C=O) groups excluding carboxylic acids is 1. The molecule has 2 rings (SSSR count). The molecule has 1 aliphatic heterocycles. The first-order valence-corrected chi connectivity index (χ1v) is 12.4. The molecular weight excluding hydrogens is 382 g/mol. The summed E-state index contributed by atoms with van der Waals surface area (Å²) >= 11 is 1.47. The van der Waals surface area contributed by atoms with Crippen molar-refractivity contribution in [2.75, 3.05) is 19.5 Å². The molecule has 2 N–H and O–H groups in total. The third-order valence-corrected chi connectivity index (χ3v) is 6.55. The van der Waals surface area contributed by atoms with Crippen molar-refractivity contribution < 1.29 is 14.7 Å². The summed E-state index contributed by atoms with van der Waals surface area (Å²) in [7, 11) is 0. The van der Waals surface area contributed by atoms with Crippen LogP contribution in [0.1, 0.15) is 79.1 Å². The maximum absolute atomic E-state index is 11.3. The summed E-state index contributed by atoms with van der Waals surface area (Å²) in [6.07, 6.45) is 22.2. The first-order valence-electron chi connectivity index (χ1n) is 11.2.